The van der Waals surface area contributed by atoms with Gasteiger partial charge in [0, 0.05) is 38.3 Å². The molecule has 0 saturated carbocycles. The van der Waals surface area contributed by atoms with Gasteiger partial charge in [0.05, 0.1) is 6.10 Å². The maximum atomic E-state index is 9.90. The second kappa shape index (κ2) is 6.54. The highest BCUT2D eigenvalue weighted by Crippen LogP contribution is 2.33. The number of benzene rings is 1. The van der Waals surface area contributed by atoms with Crippen molar-refractivity contribution in [1.29, 1.82) is 0 Å². The predicted molar refractivity (Wildman–Crippen MR) is 92.5 cm³/mol. The molecule has 0 aliphatic carbocycles. The van der Waals surface area contributed by atoms with Crippen LogP contribution in [0.3, 0.4) is 0 Å². The Balaban J connectivity index is 1.35. The standard InChI is InChI=1S/C19H28N2O3/c1-13(5-15-3-4-18-19(6-15)24-12-23-18)8-20-10-16-7-17(22)11-21(16)9-14(20)2/h3-4,6,13-14,16-17,22H,5,7-12H2,1-2H3/t13-,14-,16+,17-/m1/s1. The largest absolute Gasteiger partial charge is 0.454 e. The van der Waals surface area contributed by atoms with E-state index in [9.17, 15) is 5.11 Å². The molecule has 3 heterocycles. The van der Waals surface area contributed by atoms with Gasteiger partial charge in [0.25, 0.3) is 0 Å². The van der Waals surface area contributed by atoms with E-state index in [4.69, 9.17) is 9.47 Å². The highest BCUT2D eigenvalue weighted by atomic mass is 16.7. The van der Waals surface area contributed by atoms with Crippen LogP contribution in [0, 0.1) is 5.92 Å². The first-order chi connectivity index (χ1) is 11.6. The lowest BCUT2D eigenvalue weighted by atomic mass is 9.98. The summed E-state index contributed by atoms with van der Waals surface area (Å²) < 4.78 is 10.9. The van der Waals surface area contributed by atoms with Crippen LogP contribution in [-0.4, -0.2) is 66.1 Å². The van der Waals surface area contributed by atoms with E-state index >= 15 is 0 Å². The summed E-state index contributed by atoms with van der Waals surface area (Å²) in [5.74, 6) is 2.32. The Morgan fingerprint density at radius 3 is 2.92 bits per heavy atom. The molecule has 24 heavy (non-hydrogen) atoms. The van der Waals surface area contributed by atoms with Crippen molar-refractivity contribution in [3.05, 3.63) is 23.8 Å². The monoisotopic (exact) mass is 332 g/mol. The molecule has 0 amide bonds. The average Bonchev–Trinajstić information content (AvgIpc) is 3.12. The van der Waals surface area contributed by atoms with Crippen LogP contribution in [0.2, 0.25) is 0 Å². The topological polar surface area (TPSA) is 45.2 Å². The van der Waals surface area contributed by atoms with Gasteiger partial charge in [-0.15, -0.1) is 0 Å². The van der Waals surface area contributed by atoms with Crippen molar-refractivity contribution in [1.82, 2.24) is 9.80 Å². The minimum Gasteiger partial charge on any atom is -0.454 e. The van der Waals surface area contributed by atoms with Gasteiger partial charge in [-0.1, -0.05) is 13.0 Å². The second-order valence-corrected chi connectivity index (χ2v) is 7.80. The summed E-state index contributed by atoms with van der Waals surface area (Å²) in [5.41, 5.74) is 1.31. The number of hydrogen-bond donors (Lipinski definition) is 1. The third kappa shape index (κ3) is 3.25. The molecular formula is C19H28N2O3. The fraction of sp³-hybridized carbons (Fsp3) is 0.684. The molecule has 5 nitrogen and oxygen atoms in total. The van der Waals surface area contributed by atoms with Crippen LogP contribution in [0.5, 0.6) is 11.5 Å². The summed E-state index contributed by atoms with van der Waals surface area (Å²) in [6.45, 7) is 9.11. The van der Waals surface area contributed by atoms with Crippen molar-refractivity contribution >= 4 is 0 Å². The normalized spacial score (nSPS) is 31.2. The Kier molecular flexibility index (Phi) is 4.41. The average molecular weight is 332 g/mol. The van der Waals surface area contributed by atoms with Crippen LogP contribution in [0.15, 0.2) is 18.2 Å². The number of aliphatic hydroxyl groups is 1. The highest BCUT2D eigenvalue weighted by Gasteiger charge is 2.38. The zero-order chi connectivity index (χ0) is 16.7. The SMILES string of the molecule is C[C@H](Cc1ccc2c(c1)OCO2)CN1C[C@@H]2C[C@@H](O)CN2C[C@H]1C. The molecule has 1 aromatic rings. The zero-order valence-corrected chi connectivity index (χ0v) is 14.6. The Morgan fingerprint density at radius 1 is 1.21 bits per heavy atom. The van der Waals surface area contributed by atoms with Gasteiger partial charge in [0.1, 0.15) is 0 Å². The number of nitrogens with zero attached hydrogens (tertiary/aromatic N) is 2. The molecular weight excluding hydrogens is 304 g/mol. The molecule has 0 spiro atoms. The Bertz CT molecular complexity index is 594. The van der Waals surface area contributed by atoms with E-state index < -0.39 is 0 Å². The lowest BCUT2D eigenvalue weighted by molar-refractivity contribution is 0.0488. The van der Waals surface area contributed by atoms with Crippen molar-refractivity contribution in [2.45, 2.75) is 44.9 Å². The van der Waals surface area contributed by atoms with E-state index in [2.05, 4.69) is 35.8 Å². The minimum absolute atomic E-state index is 0.131. The number of rotatable bonds is 4. The number of hydrogen-bond acceptors (Lipinski definition) is 5. The van der Waals surface area contributed by atoms with Crippen LogP contribution in [0.25, 0.3) is 0 Å². The Labute approximate surface area is 144 Å². The number of fused-ring (bicyclic) bond motifs is 2. The van der Waals surface area contributed by atoms with Gasteiger partial charge in [-0.3, -0.25) is 9.80 Å². The molecule has 132 valence electrons. The van der Waals surface area contributed by atoms with Gasteiger partial charge in [0.15, 0.2) is 11.5 Å². The predicted octanol–water partition coefficient (Wildman–Crippen LogP) is 1.73. The molecule has 0 aromatic heterocycles. The smallest absolute Gasteiger partial charge is 0.231 e. The Morgan fingerprint density at radius 2 is 2.04 bits per heavy atom. The molecule has 2 fully saturated rings. The van der Waals surface area contributed by atoms with Gasteiger partial charge in [-0.05, 0) is 43.4 Å². The molecule has 0 bridgehead atoms. The molecule has 0 radical (unpaired) electrons. The van der Waals surface area contributed by atoms with E-state index in [0.717, 1.165) is 50.5 Å². The second-order valence-electron chi connectivity index (χ2n) is 7.80. The first-order valence-corrected chi connectivity index (χ1v) is 9.13. The van der Waals surface area contributed by atoms with Gasteiger partial charge in [-0.2, -0.15) is 0 Å². The fourth-order valence-electron chi connectivity index (χ4n) is 4.47. The lowest BCUT2D eigenvalue weighted by Gasteiger charge is -2.43. The van der Waals surface area contributed by atoms with Gasteiger partial charge >= 0.3 is 0 Å². The molecule has 2 saturated heterocycles. The summed E-state index contributed by atoms with van der Waals surface area (Å²) in [5, 5.41) is 9.90. The number of ether oxygens (including phenoxy) is 2. The van der Waals surface area contributed by atoms with Gasteiger partial charge in [-0.25, -0.2) is 0 Å². The molecule has 4 rings (SSSR count). The molecule has 1 N–H and O–H groups in total. The van der Waals surface area contributed by atoms with Crippen LogP contribution >= 0.6 is 0 Å². The molecule has 5 heteroatoms. The highest BCUT2D eigenvalue weighted by molar-refractivity contribution is 5.44. The maximum Gasteiger partial charge on any atom is 0.231 e. The number of piperazine rings is 1. The summed E-state index contributed by atoms with van der Waals surface area (Å²) >= 11 is 0. The third-order valence-electron chi connectivity index (χ3n) is 5.64. The van der Waals surface area contributed by atoms with Crippen LogP contribution in [-0.2, 0) is 6.42 Å². The quantitative estimate of drug-likeness (QED) is 0.910. The van der Waals surface area contributed by atoms with Crippen molar-refractivity contribution in [3.63, 3.8) is 0 Å². The van der Waals surface area contributed by atoms with Gasteiger partial charge in [0.2, 0.25) is 6.79 Å². The Hall–Kier alpha value is -1.30. The van der Waals surface area contributed by atoms with Crippen LogP contribution in [0.1, 0.15) is 25.8 Å². The van der Waals surface area contributed by atoms with E-state index in [1.807, 2.05) is 6.07 Å². The van der Waals surface area contributed by atoms with Gasteiger partial charge < -0.3 is 14.6 Å². The van der Waals surface area contributed by atoms with E-state index in [1.165, 1.54) is 5.56 Å². The summed E-state index contributed by atoms with van der Waals surface area (Å²) in [4.78, 5) is 5.07. The van der Waals surface area contributed by atoms with E-state index in [-0.39, 0.29) is 6.10 Å². The zero-order valence-electron chi connectivity index (χ0n) is 14.6. The van der Waals surface area contributed by atoms with Crippen LogP contribution in [0.4, 0.5) is 0 Å². The minimum atomic E-state index is -0.131. The van der Waals surface area contributed by atoms with E-state index in [0.29, 0.717) is 24.8 Å². The molecule has 3 aliphatic rings. The first kappa shape index (κ1) is 16.2. The third-order valence-corrected chi connectivity index (χ3v) is 5.64. The molecule has 1 aromatic carbocycles. The lowest BCUT2D eigenvalue weighted by Crippen LogP contribution is -2.55. The number of aliphatic hydroxyl groups excluding tert-OH is 1. The molecule has 3 aliphatic heterocycles. The molecule has 0 unspecified atom stereocenters. The summed E-state index contributed by atoms with van der Waals surface area (Å²) in [6, 6.07) is 7.39. The van der Waals surface area contributed by atoms with Crippen molar-refractivity contribution < 1.29 is 14.6 Å². The summed E-state index contributed by atoms with van der Waals surface area (Å²) in [7, 11) is 0. The summed E-state index contributed by atoms with van der Waals surface area (Å²) in [6.07, 6.45) is 1.85. The first-order valence-electron chi connectivity index (χ1n) is 9.13. The van der Waals surface area contributed by atoms with Crippen LogP contribution < -0.4 is 9.47 Å². The van der Waals surface area contributed by atoms with Crippen molar-refractivity contribution in [2.75, 3.05) is 33.0 Å². The van der Waals surface area contributed by atoms with Crippen molar-refractivity contribution in [2.24, 2.45) is 5.92 Å². The maximum absolute atomic E-state index is 9.90. The van der Waals surface area contributed by atoms with Crippen molar-refractivity contribution in [3.8, 4) is 11.5 Å². The van der Waals surface area contributed by atoms with E-state index in [1.54, 1.807) is 0 Å². The molecule has 4 atom stereocenters. The fourth-order valence-corrected chi connectivity index (χ4v) is 4.47.